The van der Waals surface area contributed by atoms with Gasteiger partial charge in [0.15, 0.2) is 0 Å². The van der Waals surface area contributed by atoms with Gasteiger partial charge in [-0.3, -0.25) is 9.59 Å². The van der Waals surface area contributed by atoms with Crippen LogP contribution < -0.4 is 10.6 Å². The summed E-state index contributed by atoms with van der Waals surface area (Å²) in [5.74, 6) is -0.273. The van der Waals surface area contributed by atoms with Gasteiger partial charge in [-0.1, -0.05) is 35.9 Å². The first kappa shape index (κ1) is 18.6. The summed E-state index contributed by atoms with van der Waals surface area (Å²) < 4.78 is 0. The van der Waals surface area contributed by atoms with Crippen LogP contribution in [-0.2, 0) is 4.79 Å². The van der Waals surface area contributed by atoms with Crippen LogP contribution in [0.5, 0.6) is 0 Å². The van der Waals surface area contributed by atoms with Crippen LogP contribution in [0.4, 0.5) is 0 Å². The fourth-order valence-corrected chi connectivity index (χ4v) is 4.02. The second kappa shape index (κ2) is 8.98. The Kier molecular flexibility index (Phi) is 6.44. The second-order valence-corrected chi connectivity index (χ2v) is 7.91. The summed E-state index contributed by atoms with van der Waals surface area (Å²) in [6.45, 7) is 0.292. The molecule has 0 aliphatic rings. The van der Waals surface area contributed by atoms with Gasteiger partial charge in [-0.15, -0.1) is 22.7 Å². The number of nitrogens with one attached hydrogen (secondary N) is 2. The molecule has 0 spiro atoms. The number of rotatable bonds is 7. The number of carbonyl (C=O) groups is 2. The third kappa shape index (κ3) is 4.94. The Morgan fingerprint density at radius 1 is 1.00 bits per heavy atom. The lowest BCUT2D eigenvalue weighted by atomic mass is 10.1. The van der Waals surface area contributed by atoms with Crippen LogP contribution in [-0.4, -0.2) is 18.4 Å². The van der Waals surface area contributed by atoms with Crippen molar-refractivity contribution in [3.05, 3.63) is 79.6 Å². The van der Waals surface area contributed by atoms with Gasteiger partial charge in [0.25, 0.3) is 5.91 Å². The quantitative estimate of drug-likeness (QED) is 0.609. The molecule has 3 aromatic rings. The van der Waals surface area contributed by atoms with E-state index in [4.69, 9.17) is 11.6 Å². The molecule has 1 unspecified atom stereocenters. The van der Waals surface area contributed by atoms with Gasteiger partial charge < -0.3 is 10.6 Å². The minimum absolute atomic E-state index is 0.121. The van der Waals surface area contributed by atoms with E-state index >= 15 is 0 Å². The molecule has 1 atom stereocenters. The maximum absolute atomic E-state index is 12.4. The molecule has 0 aliphatic carbocycles. The van der Waals surface area contributed by atoms with Crippen molar-refractivity contribution < 1.29 is 9.59 Å². The second-order valence-electron chi connectivity index (χ2n) is 5.55. The first-order chi connectivity index (χ1) is 12.6. The van der Waals surface area contributed by atoms with E-state index < -0.39 is 0 Å². The SMILES string of the molecule is O=C(CCNC(=O)c1cccs1)NC(c1ccc(Cl)cc1)c1cccs1. The maximum Gasteiger partial charge on any atom is 0.261 e. The lowest BCUT2D eigenvalue weighted by Crippen LogP contribution is -2.33. The molecule has 0 saturated heterocycles. The van der Waals surface area contributed by atoms with Crippen molar-refractivity contribution in [3.63, 3.8) is 0 Å². The van der Waals surface area contributed by atoms with Crippen LogP contribution in [0.1, 0.15) is 32.6 Å². The first-order valence-electron chi connectivity index (χ1n) is 8.03. The van der Waals surface area contributed by atoms with Gasteiger partial charge in [0.05, 0.1) is 10.9 Å². The highest BCUT2D eigenvalue weighted by atomic mass is 35.5. The smallest absolute Gasteiger partial charge is 0.261 e. The molecule has 1 aromatic carbocycles. The number of halogens is 1. The Labute approximate surface area is 164 Å². The summed E-state index contributed by atoms with van der Waals surface area (Å²) in [7, 11) is 0. The van der Waals surface area contributed by atoms with E-state index in [1.165, 1.54) is 11.3 Å². The summed E-state index contributed by atoms with van der Waals surface area (Å²) in [6, 6.07) is 14.7. The molecule has 26 heavy (non-hydrogen) atoms. The third-order valence-electron chi connectivity index (χ3n) is 3.72. The van der Waals surface area contributed by atoms with Gasteiger partial charge >= 0.3 is 0 Å². The summed E-state index contributed by atoms with van der Waals surface area (Å²) in [5, 5.41) is 10.3. The van der Waals surface area contributed by atoms with Gasteiger partial charge in [0, 0.05) is 22.9 Å². The van der Waals surface area contributed by atoms with Crippen LogP contribution in [0.15, 0.2) is 59.3 Å². The van der Waals surface area contributed by atoms with Crippen LogP contribution in [0, 0.1) is 0 Å². The summed E-state index contributed by atoms with van der Waals surface area (Å²) >= 11 is 8.92. The van der Waals surface area contributed by atoms with Crippen LogP contribution >= 0.6 is 34.3 Å². The van der Waals surface area contributed by atoms with Crippen molar-refractivity contribution in [1.82, 2.24) is 10.6 Å². The highest BCUT2D eigenvalue weighted by molar-refractivity contribution is 7.12. The van der Waals surface area contributed by atoms with Crippen molar-refractivity contribution in [2.24, 2.45) is 0 Å². The number of thiophene rings is 2. The summed E-state index contributed by atoms with van der Waals surface area (Å²) in [6.07, 6.45) is 0.215. The molecule has 3 rings (SSSR count). The Morgan fingerprint density at radius 2 is 1.73 bits per heavy atom. The molecule has 2 N–H and O–H groups in total. The minimum Gasteiger partial charge on any atom is -0.351 e. The predicted molar refractivity (Wildman–Crippen MR) is 107 cm³/mol. The van der Waals surface area contributed by atoms with E-state index in [1.54, 1.807) is 17.4 Å². The largest absolute Gasteiger partial charge is 0.351 e. The van der Waals surface area contributed by atoms with Gasteiger partial charge in [0.1, 0.15) is 0 Å². The molecular formula is C19H17ClN2O2S2. The Balaban J connectivity index is 1.59. The highest BCUT2D eigenvalue weighted by Crippen LogP contribution is 2.27. The predicted octanol–water partition coefficient (Wildman–Crippen LogP) is 4.49. The monoisotopic (exact) mass is 404 g/mol. The van der Waals surface area contributed by atoms with E-state index in [0.29, 0.717) is 16.4 Å². The van der Waals surface area contributed by atoms with Gasteiger partial charge in [-0.2, -0.15) is 0 Å². The number of hydrogen-bond donors (Lipinski definition) is 2. The van der Waals surface area contributed by atoms with Crippen molar-refractivity contribution in [1.29, 1.82) is 0 Å². The Morgan fingerprint density at radius 3 is 2.38 bits per heavy atom. The Bertz CT molecular complexity index is 846. The fraction of sp³-hybridized carbons (Fsp3) is 0.158. The molecule has 4 nitrogen and oxygen atoms in total. The van der Waals surface area contributed by atoms with E-state index in [-0.39, 0.29) is 24.3 Å². The molecule has 0 fully saturated rings. The van der Waals surface area contributed by atoms with Crippen LogP contribution in [0.2, 0.25) is 5.02 Å². The molecule has 0 aliphatic heterocycles. The summed E-state index contributed by atoms with van der Waals surface area (Å²) in [4.78, 5) is 26.0. The minimum atomic E-state index is -0.229. The van der Waals surface area contributed by atoms with Crippen molar-refractivity contribution >= 4 is 46.1 Å². The molecule has 0 radical (unpaired) electrons. The molecule has 2 amide bonds. The number of amides is 2. The van der Waals surface area contributed by atoms with Gasteiger partial charge in [-0.05, 0) is 40.6 Å². The molecule has 0 bridgehead atoms. The van der Waals surface area contributed by atoms with Crippen molar-refractivity contribution in [2.75, 3.05) is 6.54 Å². The van der Waals surface area contributed by atoms with E-state index in [2.05, 4.69) is 10.6 Å². The zero-order valence-corrected chi connectivity index (χ0v) is 16.2. The van der Waals surface area contributed by atoms with Gasteiger partial charge in [-0.25, -0.2) is 0 Å². The average molecular weight is 405 g/mol. The molecule has 0 saturated carbocycles. The molecule has 7 heteroatoms. The van der Waals surface area contributed by atoms with E-state index in [9.17, 15) is 9.59 Å². The average Bonchev–Trinajstić information content (AvgIpc) is 3.34. The van der Waals surface area contributed by atoms with E-state index in [0.717, 1.165) is 10.4 Å². The number of benzene rings is 1. The topological polar surface area (TPSA) is 58.2 Å². The molecular weight excluding hydrogens is 388 g/mol. The Hall–Kier alpha value is -2.15. The zero-order chi connectivity index (χ0) is 18.4. The third-order valence-corrected chi connectivity index (χ3v) is 5.78. The van der Waals surface area contributed by atoms with Crippen molar-refractivity contribution in [3.8, 4) is 0 Å². The highest BCUT2D eigenvalue weighted by Gasteiger charge is 2.18. The zero-order valence-electron chi connectivity index (χ0n) is 13.8. The lowest BCUT2D eigenvalue weighted by Gasteiger charge is -2.18. The van der Waals surface area contributed by atoms with Gasteiger partial charge in [0.2, 0.25) is 5.91 Å². The number of carbonyl (C=O) groups excluding carboxylic acids is 2. The normalized spacial score (nSPS) is 11.7. The molecule has 134 valence electrons. The fourth-order valence-electron chi connectivity index (χ4n) is 2.45. The molecule has 2 heterocycles. The standard InChI is InChI=1S/C19H17ClN2O2S2/c20-14-7-5-13(6-8-14)18(15-3-1-11-25-15)22-17(23)9-10-21-19(24)16-4-2-12-26-16/h1-8,11-12,18H,9-10H2,(H,21,24)(H,22,23). The molecule has 2 aromatic heterocycles. The number of hydrogen-bond acceptors (Lipinski definition) is 4. The lowest BCUT2D eigenvalue weighted by molar-refractivity contribution is -0.121. The summed E-state index contributed by atoms with van der Waals surface area (Å²) in [5.41, 5.74) is 0.966. The van der Waals surface area contributed by atoms with Crippen LogP contribution in [0.25, 0.3) is 0 Å². The first-order valence-corrected chi connectivity index (χ1v) is 10.2. The van der Waals surface area contributed by atoms with E-state index in [1.807, 2.05) is 53.2 Å². The van der Waals surface area contributed by atoms with Crippen LogP contribution in [0.3, 0.4) is 0 Å². The van der Waals surface area contributed by atoms with Crippen molar-refractivity contribution in [2.45, 2.75) is 12.5 Å². The maximum atomic E-state index is 12.4.